The molecule has 1 amide bonds. The first-order chi connectivity index (χ1) is 18.2. The van der Waals surface area contributed by atoms with Crippen LogP contribution in [0.5, 0.6) is 5.75 Å². The lowest BCUT2D eigenvalue weighted by molar-refractivity contribution is -0.385. The fourth-order valence-corrected chi connectivity index (χ4v) is 4.45. The standard InChI is InChI=1S/C25H18Br2FN5O5/c1-2-22-30-19-8-7-15(26)11-16(19)25(35)32(22)29-12-14-9-17(27)24(21(10-14)33(36)37)38-13-23(34)31-20-6-4-3-5-18(20)28/h3-12H,2,13H2,1H3,(H,31,34). The summed E-state index contributed by atoms with van der Waals surface area (Å²) in [4.78, 5) is 40.9. The number of hydrogen-bond donors (Lipinski definition) is 1. The van der Waals surface area contributed by atoms with E-state index in [2.05, 4.69) is 47.3 Å². The molecule has 13 heteroatoms. The summed E-state index contributed by atoms with van der Waals surface area (Å²) < 4.78 is 21.2. The molecule has 4 aromatic rings. The van der Waals surface area contributed by atoms with Crippen LogP contribution in [-0.4, -0.2) is 33.3 Å². The molecule has 1 heterocycles. The van der Waals surface area contributed by atoms with Crippen molar-refractivity contribution in [1.82, 2.24) is 9.66 Å². The number of halogens is 3. The summed E-state index contributed by atoms with van der Waals surface area (Å²) in [5.74, 6) is -1.12. The van der Waals surface area contributed by atoms with Crippen molar-refractivity contribution in [2.45, 2.75) is 13.3 Å². The number of amides is 1. The van der Waals surface area contributed by atoms with Gasteiger partial charge in [-0.25, -0.2) is 9.37 Å². The number of nitrogens with zero attached hydrogens (tertiary/aromatic N) is 4. The normalized spacial score (nSPS) is 11.2. The Morgan fingerprint density at radius 1 is 1.24 bits per heavy atom. The van der Waals surface area contributed by atoms with Crippen LogP contribution in [0.25, 0.3) is 10.9 Å². The molecule has 1 N–H and O–H groups in total. The Bertz CT molecular complexity index is 1660. The summed E-state index contributed by atoms with van der Waals surface area (Å²) in [7, 11) is 0. The quantitative estimate of drug-likeness (QED) is 0.154. The van der Waals surface area contributed by atoms with E-state index in [0.717, 1.165) is 4.68 Å². The number of hydrogen-bond acceptors (Lipinski definition) is 7. The Morgan fingerprint density at radius 3 is 2.71 bits per heavy atom. The van der Waals surface area contributed by atoms with Gasteiger partial charge < -0.3 is 10.1 Å². The van der Waals surface area contributed by atoms with E-state index in [1.807, 2.05) is 6.92 Å². The highest BCUT2D eigenvalue weighted by molar-refractivity contribution is 9.10. The third-order valence-electron chi connectivity index (χ3n) is 5.25. The summed E-state index contributed by atoms with van der Waals surface area (Å²) in [5, 5.41) is 18.7. The fourth-order valence-electron chi connectivity index (χ4n) is 3.51. The molecule has 0 saturated carbocycles. The first-order valence-electron chi connectivity index (χ1n) is 11.1. The van der Waals surface area contributed by atoms with E-state index in [4.69, 9.17) is 4.74 Å². The van der Waals surface area contributed by atoms with Gasteiger partial charge in [0.2, 0.25) is 5.75 Å². The zero-order valence-corrected chi connectivity index (χ0v) is 22.8. The van der Waals surface area contributed by atoms with Crippen LogP contribution in [0.1, 0.15) is 18.3 Å². The van der Waals surface area contributed by atoms with Gasteiger partial charge in [-0.05, 0) is 52.3 Å². The van der Waals surface area contributed by atoms with Gasteiger partial charge in [0.05, 0.1) is 32.2 Å². The lowest BCUT2D eigenvalue weighted by Gasteiger charge is -2.11. The minimum absolute atomic E-state index is 0.0431. The molecule has 194 valence electrons. The Kier molecular flexibility index (Phi) is 8.27. The van der Waals surface area contributed by atoms with E-state index in [1.54, 1.807) is 24.3 Å². The molecule has 3 aromatic carbocycles. The highest BCUT2D eigenvalue weighted by Gasteiger charge is 2.21. The number of nitrogens with one attached hydrogen (secondary N) is 1. The maximum Gasteiger partial charge on any atom is 0.312 e. The molecule has 0 spiro atoms. The SMILES string of the molecule is CCc1nc2ccc(Br)cc2c(=O)n1N=Cc1cc(Br)c(OCC(=O)Nc2ccccc2F)c([N+](=O)[O-])c1. The fraction of sp³-hybridized carbons (Fsp3) is 0.120. The maximum absolute atomic E-state index is 13.8. The van der Waals surface area contributed by atoms with Crippen molar-refractivity contribution in [2.75, 3.05) is 11.9 Å². The van der Waals surface area contributed by atoms with Gasteiger partial charge in [0.1, 0.15) is 11.6 Å². The van der Waals surface area contributed by atoms with Crippen molar-refractivity contribution in [3.63, 3.8) is 0 Å². The third kappa shape index (κ3) is 5.94. The molecule has 0 aliphatic heterocycles. The number of aryl methyl sites for hydroxylation is 1. The van der Waals surface area contributed by atoms with Crippen molar-refractivity contribution < 1.29 is 18.8 Å². The smallest absolute Gasteiger partial charge is 0.312 e. The molecule has 10 nitrogen and oxygen atoms in total. The summed E-state index contributed by atoms with van der Waals surface area (Å²) in [5.41, 5.74) is -0.0594. The van der Waals surface area contributed by atoms with E-state index in [1.165, 1.54) is 36.5 Å². The van der Waals surface area contributed by atoms with Crippen molar-refractivity contribution in [2.24, 2.45) is 5.10 Å². The highest BCUT2D eigenvalue weighted by atomic mass is 79.9. The Balaban J connectivity index is 1.61. The van der Waals surface area contributed by atoms with Crippen LogP contribution in [0, 0.1) is 15.9 Å². The minimum atomic E-state index is -0.705. The van der Waals surface area contributed by atoms with Crippen molar-refractivity contribution in [3.8, 4) is 5.75 Å². The molecular formula is C25H18Br2FN5O5. The Morgan fingerprint density at radius 2 is 2.00 bits per heavy atom. The van der Waals surface area contributed by atoms with Gasteiger partial charge in [-0.2, -0.15) is 9.78 Å². The average Bonchev–Trinajstić information content (AvgIpc) is 2.88. The van der Waals surface area contributed by atoms with Gasteiger partial charge in [-0.1, -0.05) is 35.0 Å². The first kappa shape index (κ1) is 27.1. The predicted molar refractivity (Wildman–Crippen MR) is 147 cm³/mol. The van der Waals surface area contributed by atoms with E-state index in [0.29, 0.717) is 27.6 Å². The maximum atomic E-state index is 13.8. The second-order valence-corrected chi connectivity index (χ2v) is 9.60. The number of fused-ring (bicyclic) bond motifs is 1. The first-order valence-corrected chi connectivity index (χ1v) is 12.7. The number of anilines is 1. The van der Waals surface area contributed by atoms with Gasteiger partial charge in [-0.15, -0.1) is 0 Å². The summed E-state index contributed by atoms with van der Waals surface area (Å²) in [6.45, 7) is 1.23. The zero-order chi connectivity index (χ0) is 27.4. The minimum Gasteiger partial charge on any atom is -0.476 e. The number of para-hydroxylation sites is 1. The van der Waals surface area contributed by atoms with Crippen molar-refractivity contribution in [1.29, 1.82) is 0 Å². The largest absolute Gasteiger partial charge is 0.476 e. The number of carbonyl (C=O) groups is 1. The molecule has 0 aliphatic carbocycles. The van der Waals surface area contributed by atoms with Crippen LogP contribution < -0.4 is 15.6 Å². The predicted octanol–water partition coefficient (Wildman–Crippen LogP) is 5.43. The number of nitro benzene ring substituents is 1. The lowest BCUT2D eigenvalue weighted by Crippen LogP contribution is -2.22. The molecule has 0 fully saturated rings. The van der Waals surface area contributed by atoms with Crippen LogP contribution in [0.15, 0.2) is 73.4 Å². The van der Waals surface area contributed by atoms with Gasteiger partial charge in [0.25, 0.3) is 11.5 Å². The zero-order valence-electron chi connectivity index (χ0n) is 19.7. The van der Waals surface area contributed by atoms with Crippen molar-refractivity contribution in [3.05, 3.63) is 101 Å². The topological polar surface area (TPSA) is 129 Å². The van der Waals surface area contributed by atoms with E-state index in [9.17, 15) is 24.1 Å². The molecule has 0 saturated heterocycles. The Hall–Kier alpha value is -3.97. The van der Waals surface area contributed by atoms with Crippen LogP contribution in [0.2, 0.25) is 0 Å². The second kappa shape index (κ2) is 11.6. The third-order valence-corrected chi connectivity index (χ3v) is 6.33. The van der Waals surface area contributed by atoms with E-state index < -0.39 is 34.5 Å². The highest BCUT2D eigenvalue weighted by Crippen LogP contribution is 2.36. The molecule has 4 rings (SSSR count). The van der Waals surface area contributed by atoms with Crippen LogP contribution in [0.4, 0.5) is 15.8 Å². The van der Waals surface area contributed by atoms with Crippen LogP contribution in [-0.2, 0) is 11.2 Å². The van der Waals surface area contributed by atoms with Crippen LogP contribution >= 0.6 is 31.9 Å². The molecule has 0 bridgehead atoms. The summed E-state index contributed by atoms with van der Waals surface area (Å²) in [6, 6.07) is 13.4. The Labute approximate surface area is 231 Å². The monoisotopic (exact) mass is 645 g/mol. The van der Waals surface area contributed by atoms with Gasteiger partial charge in [-0.3, -0.25) is 19.7 Å². The van der Waals surface area contributed by atoms with E-state index >= 15 is 0 Å². The number of ether oxygens (including phenoxy) is 1. The number of rotatable bonds is 8. The van der Waals surface area contributed by atoms with E-state index in [-0.39, 0.29) is 21.5 Å². The molecule has 0 atom stereocenters. The molecule has 0 aliphatic rings. The second-order valence-electron chi connectivity index (χ2n) is 7.83. The number of carbonyl (C=O) groups excluding carboxylic acids is 1. The number of nitro groups is 1. The molecule has 0 radical (unpaired) electrons. The van der Waals surface area contributed by atoms with Gasteiger partial charge in [0.15, 0.2) is 6.61 Å². The molecular weight excluding hydrogens is 629 g/mol. The van der Waals surface area contributed by atoms with Crippen LogP contribution in [0.3, 0.4) is 0 Å². The molecule has 38 heavy (non-hydrogen) atoms. The lowest BCUT2D eigenvalue weighted by atomic mass is 10.2. The molecule has 0 unspecified atom stereocenters. The number of aromatic nitrogens is 2. The van der Waals surface area contributed by atoms with Gasteiger partial charge >= 0.3 is 5.69 Å². The summed E-state index contributed by atoms with van der Waals surface area (Å²) in [6.07, 6.45) is 1.71. The average molecular weight is 647 g/mol. The summed E-state index contributed by atoms with van der Waals surface area (Å²) >= 11 is 6.58. The van der Waals surface area contributed by atoms with Crippen molar-refractivity contribution >= 4 is 66.3 Å². The van der Waals surface area contributed by atoms with Gasteiger partial charge in [0, 0.05) is 22.5 Å². The molecule has 1 aromatic heterocycles. The number of benzene rings is 3.